The molecule has 0 bridgehead atoms. The van der Waals surface area contributed by atoms with Gasteiger partial charge in [-0.3, -0.25) is 0 Å². The molecule has 0 aromatic heterocycles. The highest BCUT2D eigenvalue weighted by Crippen LogP contribution is 2.29. The zero-order valence-corrected chi connectivity index (χ0v) is 11.7. The van der Waals surface area contributed by atoms with E-state index < -0.39 is 27.8 Å². The molecule has 0 aliphatic carbocycles. The van der Waals surface area contributed by atoms with Gasteiger partial charge in [-0.2, -0.15) is 13.2 Å². The Hall–Kier alpha value is -1.77. The van der Waals surface area contributed by atoms with E-state index >= 15 is 0 Å². The number of hydrogen-bond donors (Lipinski definition) is 1. The molecule has 0 radical (unpaired) electrons. The SMILES string of the molecule is O=C(NS(=O)(=O)c1ccc(C(F)(F)F)cc1)N1CCCC1. The van der Waals surface area contributed by atoms with Crippen LogP contribution in [0, 0.1) is 0 Å². The van der Waals surface area contributed by atoms with Crippen molar-refractivity contribution in [1.29, 1.82) is 0 Å². The highest BCUT2D eigenvalue weighted by molar-refractivity contribution is 7.90. The van der Waals surface area contributed by atoms with E-state index in [1.165, 1.54) is 4.90 Å². The molecule has 1 aliphatic rings. The minimum Gasteiger partial charge on any atom is -0.324 e. The summed E-state index contributed by atoms with van der Waals surface area (Å²) in [6.07, 6.45) is -2.94. The number of benzene rings is 1. The Morgan fingerprint density at radius 1 is 1.10 bits per heavy atom. The summed E-state index contributed by atoms with van der Waals surface area (Å²) in [5.74, 6) is 0. The standard InChI is InChI=1S/C12H13F3N2O3S/c13-12(14,15)9-3-5-10(6-4-9)21(19,20)16-11(18)17-7-1-2-8-17/h3-6H,1-2,7-8H2,(H,16,18). The lowest BCUT2D eigenvalue weighted by molar-refractivity contribution is -0.137. The predicted octanol–water partition coefficient (Wildman–Crippen LogP) is 2.20. The number of sulfonamides is 1. The molecule has 5 nitrogen and oxygen atoms in total. The quantitative estimate of drug-likeness (QED) is 0.908. The van der Waals surface area contributed by atoms with Crippen molar-refractivity contribution in [2.75, 3.05) is 13.1 Å². The van der Waals surface area contributed by atoms with E-state index in [0.29, 0.717) is 25.2 Å². The van der Waals surface area contributed by atoms with Crippen molar-refractivity contribution in [2.24, 2.45) is 0 Å². The van der Waals surface area contributed by atoms with Crippen LogP contribution in [-0.4, -0.2) is 32.4 Å². The number of halogens is 3. The molecule has 9 heteroatoms. The summed E-state index contributed by atoms with van der Waals surface area (Å²) >= 11 is 0. The number of hydrogen-bond acceptors (Lipinski definition) is 3. The Kier molecular flexibility index (Phi) is 4.13. The summed E-state index contributed by atoms with van der Waals surface area (Å²) in [6.45, 7) is 0.933. The summed E-state index contributed by atoms with van der Waals surface area (Å²) in [7, 11) is -4.17. The van der Waals surface area contributed by atoms with Gasteiger partial charge in [0.15, 0.2) is 0 Å². The lowest BCUT2D eigenvalue weighted by atomic mass is 10.2. The van der Waals surface area contributed by atoms with Crippen LogP contribution < -0.4 is 4.72 Å². The van der Waals surface area contributed by atoms with E-state index in [0.717, 1.165) is 25.0 Å². The summed E-state index contributed by atoms with van der Waals surface area (Å²) < 4.78 is 62.9. The van der Waals surface area contributed by atoms with Gasteiger partial charge in [-0.1, -0.05) is 0 Å². The second-order valence-corrected chi connectivity index (χ2v) is 6.31. The van der Waals surface area contributed by atoms with E-state index in [4.69, 9.17) is 0 Å². The topological polar surface area (TPSA) is 66.5 Å². The lowest BCUT2D eigenvalue weighted by Crippen LogP contribution is -2.41. The van der Waals surface area contributed by atoms with Gasteiger partial charge in [0, 0.05) is 13.1 Å². The maximum absolute atomic E-state index is 12.4. The maximum Gasteiger partial charge on any atom is 0.416 e. The van der Waals surface area contributed by atoms with E-state index in [2.05, 4.69) is 0 Å². The van der Waals surface area contributed by atoms with Gasteiger partial charge >= 0.3 is 12.2 Å². The Morgan fingerprint density at radius 3 is 2.10 bits per heavy atom. The molecule has 1 aliphatic heterocycles. The van der Waals surface area contributed by atoms with Crippen LogP contribution >= 0.6 is 0 Å². The van der Waals surface area contributed by atoms with Gasteiger partial charge < -0.3 is 4.90 Å². The zero-order chi connectivity index (χ0) is 15.7. The number of likely N-dealkylation sites (tertiary alicyclic amines) is 1. The number of rotatable bonds is 2. The smallest absolute Gasteiger partial charge is 0.324 e. The third kappa shape index (κ3) is 3.66. The molecule has 2 amide bonds. The van der Waals surface area contributed by atoms with E-state index in [1.807, 2.05) is 4.72 Å². The summed E-state index contributed by atoms with van der Waals surface area (Å²) in [6, 6.07) is 2.21. The molecule has 0 atom stereocenters. The Morgan fingerprint density at radius 2 is 1.62 bits per heavy atom. The molecular formula is C12H13F3N2O3S. The molecule has 0 saturated carbocycles. The van der Waals surface area contributed by atoms with Crippen LogP contribution in [0.4, 0.5) is 18.0 Å². The monoisotopic (exact) mass is 322 g/mol. The number of nitrogens with zero attached hydrogens (tertiary/aromatic N) is 1. The molecule has 1 N–H and O–H groups in total. The van der Waals surface area contributed by atoms with Crippen LogP contribution in [0.2, 0.25) is 0 Å². The number of alkyl halides is 3. The van der Waals surface area contributed by atoms with Crippen LogP contribution in [-0.2, 0) is 16.2 Å². The van der Waals surface area contributed by atoms with Gasteiger partial charge in [0.25, 0.3) is 10.0 Å². The highest BCUT2D eigenvalue weighted by atomic mass is 32.2. The van der Waals surface area contributed by atoms with Gasteiger partial charge in [0.1, 0.15) is 0 Å². The molecule has 1 aromatic rings. The number of urea groups is 1. The average Bonchev–Trinajstić information content (AvgIpc) is 2.91. The van der Waals surface area contributed by atoms with Crippen molar-refractivity contribution in [1.82, 2.24) is 9.62 Å². The number of amides is 2. The zero-order valence-electron chi connectivity index (χ0n) is 10.9. The Labute approximate surface area is 119 Å². The summed E-state index contributed by atoms with van der Waals surface area (Å²) in [5, 5.41) is 0. The molecule has 116 valence electrons. The van der Waals surface area contributed by atoms with Crippen molar-refractivity contribution >= 4 is 16.1 Å². The fourth-order valence-corrected chi connectivity index (χ4v) is 2.95. The van der Waals surface area contributed by atoms with Crippen LogP contribution in [0.1, 0.15) is 18.4 Å². The molecule has 0 spiro atoms. The molecular weight excluding hydrogens is 309 g/mol. The Balaban J connectivity index is 2.14. The van der Waals surface area contributed by atoms with Crippen LogP contribution in [0.25, 0.3) is 0 Å². The van der Waals surface area contributed by atoms with Gasteiger partial charge in [0.2, 0.25) is 0 Å². The van der Waals surface area contributed by atoms with E-state index in [1.54, 1.807) is 0 Å². The molecule has 1 fully saturated rings. The minimum absolute atomic E-state index is 0.386. The molecule has 0 unspecified atom stereocenters. The van der Waals surface area contributed by atoms with Crippen molar-refractivity contribution in [2.45, 2.75) is 23.9 Å². The first kappa shape index (κ1) is 15.6. The normalized spacial score (nSPS) is 16.0. The minimum atomic E-state index is -4.54. The van der Waals surface area contributed by atoms with Crippen molar-refractivity contribution in [3.63, 3.8) is 0 Å². The predicted molar refractivity (Wildman–Crippen MR) is 68.0 cm³/mol. The number of nitrogens with one attached hydrogen (secondary N) is 1. The molecule has 21 heavy (non-hydrogen) atoms. The van der Waals surface area contributed by atoms with Crippen LogP contribution in [0.5, 0.6) is 0 Å². The second kappa shape index (κ2) is 5.55. The van der Waals surface area contributed by atoms with Gasteiger partial charge in [-0.05, 0) is 37.1 Å². The first-order valence-corrected chi connectivity index (χ1v) is 7.67. The fourth-order valence-electron chi connectivity index (χ4n) is 1.98. The number of carbonyl (C=O) groups excluding carboxylic acids is 1. The first-order valence-electron chi connectivity index (χ1n) is 6.19. The second-order valence-electron chi connectivity index (χ2n) is 4.63. The molecule has 1 heterocycles. The first-order chi connectivity index (χ1) is 9.70. The maximum atomic E-state index is 12.4. The largest absolute Gasteiger partial charge is 0.416 e. The van der Waals surface area contributed by atoms with E-state index in [9.17, 15) is 26.4 Å². The van der Waals surface area contributed by atoms with Crippen molar-refractivity contribution in [3.8, 4) is 0 Å². The third-order valence-electron chi connectivity index (χ3n) is 3.11. The van der Waals surface area contributed by atoms with Crippen LogP contribution in [0.3, 0.4) is 0 Å². The lowest BCUT2D eigenvalue weighted by Gasteiger charge is -2.16. The van der Waals surface area contributed by atoms with Crippen molar-refractivity contribution in [3.05, 3.63) is 29.8 Å². The molecule has 1 aromatic carbocycles. The average molecular weight is 322 g/mol. The highest BCUT2D eigenvalue weighted by Gasteiger charge is 2.31. The third-order valence-corrected chi connectivity index (χ3v) is 4.44. The molecule has 1 saturated heterocycles. The van der Waals surface area contributed by atoms with E-state index in [-0.39, 0.29) is 4.90 Å². The summed E-state index contributed by atoms with van der Waals surface area (Å²) in [5.41, 5.74) is -0.952. The van der Waals surface area contributed by atoms with Gasteiger partial charge in [-0.25, -0.2) is 17.9 Å². The van der Waals surface area contributed by atoms with Gasteiger partial charge in [-0.15, -0.1) is 0 Å². The Bertz CT molecular complexity index is 620. The molecule has 2 rings (SSSR count). The fraction of sp³-hybridized carbons (Fsp3) is 0.417. The van der Waals surface area contributed by atoms with Gasteiger partial charge in [0.05, 0.1) is 10.5 Å². The number of carbonyl (C=O) groups is 1. The van der Waals surface area contributed by atoms with Crippen LogP contribution in [0.15, 0.2) is 29.2 Å². The summed E-state index contributed by atoms with van der Waals surface area (Å²) in [4.78, 5) is 12.7. The van der Waals surface area contributed by atoms with Crippen molar-refractivity contribution < 1.29 is 26.4 Å².